The van der Waals surface area contributed by atoms with E-state index in [0.29, 0.717) is 0 Å². The van der Waals surface area contributed by atoms with E-state index >= 15 is 0 Å². The molecule has 0 aliphatic carbocycles. The van der Waals surface area contributed by atoms with Crippen molar-refractivity contribution in [1.82, 2.24) is 15.1 Å². The number of nitrogens with one attached hydrogen (secondary N) is 1. The maximum Gasteiger partial charge on any atom is 0.406 e. The van der Waals surface area contributed by atoms with Crippen molar-refractivity contribution in [3.8, 4) is 5.88 Å². The summed E-state index contributed by atoms with van der Waals surface area (Å²) in [4.78, 5) is 36.0. The van der Waals surface area contributed by atoms with Crippen molar-refractivity contribution in [1.29, 1.82) is 0 Å². The molecule has 42 heavy (non-hydrogen) atoms. The van der Waals surface area contributed by atoms with Crippen molar-refractivity contribution in [3.63, 3.8) is 0 Å². The van der Waals surface area contributed by atoms with Crippen LogP contribution in [-0.4, -0.2) is 98.3 Å². The number of aliphatic hydroxyl groups excluding tert-OH is 1. The molecular formula is C24H42FN6O10P. The van der Waals surface area contributed by atoms with E-state index in [1.807, 2.05) is 13.8 Å². The number of ether oxygens (including phenoxy) is 4. The lowest BCUT2D eigenvalue weighted by atomic mass is 10.0. The quantitative estimate of drug-likeness (QED) is 0.0975. The number of methoxy groups -OCH3 is 3. The second-order valence-corrected chi connectivity index (χ2v) is 11.4. The molecule has 5 atom stereocenters. The minimum Gasteiger partial charge on any atom is -0.479 e. The standard InChI is InChI=1S/C24H42FN6O10P/c1-13(2)10-16(23(34)41-14(3)4)31-42(35,40-12-18(32)37-6)39-11-17(36-5)20(33)15(25)8-9-28-19-21(26)29-24(27)30-22(19)38-7/h9,13-17,20,33H,8,10-12H2,1-7H3,(H,31,35)(H4,26,27,29,30)/t15-,16+,17?,20?,42?/m1/s1. The van der Waals surface area contributed by atoms with Gasteiger partial charge < -0.3 is 35.5 Å². The molecule has 0 aliphatic rings. The molecular weight excluding hydrogens is 582 g/mol. The van der Waals surface area contributed by atoms with Crippen LogP contribution in [0.2, 0.25) is 0 Å². The van der Waals surface area contributed by atoms with Gasteiger partial charge in [-0.2, -0.15) is 9.97 Å². The third-order valence-corrected chi connectivity index (χ3v) is 6.93. The Morgan fingerprint density at radius 2 is 1.81 bits per heavy atom. The summed E-state index contributed by atoms with van der Waals surface area (Å²) in [5.74, 6) is -1.91. The lowest BCUT2D eigenvalue weighted by Crippen LogP contribution is -2.42. The van der Waals surface area contributed by atoms with E-state index < -0.39 is 69.8 Å². The Hall–Kier alpha value is -2.95. The normalized spacial score (nSPS) is 16.2. The van der Waals surface area contributed by atoms with Crippen LogP contribution in [0.3, 0.4) is 0 Å². The molecule has 6 N–H and O–H groups in total. The maximum absolute atomic E-state index is 15.0. The molecule has 0 spiro atoms. The van der Waals surface area contributed by atoms with Crippen LogP contribution in [0.25, 0.3) is 0 Å². The first-order chi connectivity index (χ1) is 19.7. The van der Waals surface area contributed by atoms with Gasteiger partial charge in [-0.3, -0.25) is 18.8 Å². The second kappa shape index (κ2) is 17.9. The number of halogens is 1. The molecule has 1 aromatic heterocycles. The summed E-state index contributed by atoms with van der Waals surface area (Å²) in [6, 6.07) is -1.14. The molecule has 0 radical (unpaired) electrons. The van der Waals surface area contributed by atoms with Crippen LogP contribution in [0.4, 0.5) is 21.8 Å². The number of anilines is 2. The Bertz CT molecular complexity index is 1100. The van der Waals surface area contributed by atoms with Crippen LogP contribution < -0.4 is 21.3 Å². The van der Waals surface area contributed by atoms with Gasteiger partial charge in [0.2, 0.25) is 11.8 Å². The number of hydrogen-bond donors (Lipinski definition) is 4. The van der Waals surface area contributed by atoms with Gasteiger partial charge in [0.15, 0.2) is 18.1 Å². The summed E-state index contributed by atoms with van der Waals surface area (Å²) < 4.78 is 59.1. The fraction of sp³-hybridized carbons (Fsp3) is 0.708. The molecule has 0 fully saturated rings. The van der Waals surface area contributed by atoms with Gasteiger partial charge in [0.05, 0.1) is 26.9 Å². The van der Waals surface area contributed by atoms with Gasteiger partial charge in [-0.1, -0.05) is 13.8 Å². The molecule has 0 aliphatic heterocycles. The molecule has 1 rings (SSSR count). The fourth-order valence-corrected chi connectivity index (χ4v) is 4.75. The summed E-state index contributed by atoms with van der Waals surface area (Å²) in [7, 11) is -0.878. The van der Waals surface area contributed by atoms with Crippen LogP contribution in [0.15, 0.2) is 4.99 Å². The Balaban J connectivity index is 3.04. The minimum atomic E-state index is -4.46. The summed E-state index contributed by atoms with van der Waals surface area (Å²) in [6.07, 6.45) is -4.68. The molecule has 0 saturated heterocycles. The molecule has 0 bridgehead atoms. The van der Waals surface area contributed by atoms with Gasteiger partial charge >= 0.3 is 19.7 Å². The first kappa shape index (κ1) is 37.1. The van der Waals surface area contributed by atoms with Gasteiger partial charge in [0, 0.05) is 19.7 Å². The number of aliphatic imine (C=N–C) groups is 1. The Morgan fingerprint density at radius 1 is 1.14 bits per heavy atom. The zero-order chi connectivity index (χ0) is 32.0. The van der Waals surface area contributed by atoms with Crippen molar-refractivity contribution in [2.45, 2.75) is 71.1 Å². The van der Waals surface area contributed by atoms with Gasteiger partial charge in [-0.05, 0) is 26.2 Å². The predicted molar refractivity (Wildman–Crippen MR) is 151 cm³/mol. The van der Waals surface area contributed by atoms with E-state index in [4.69, 9.17) is 34.7 Å². The molecule has 1 aromatic rings. The molecule has 0 saturated carbocycles. The highest BCUT2D eigenvalue weighted by atomic mass is 31.2. The van der Waals surface area contributed by atoms with Crippen molar-refractivity contribution < 1.29 is 51.6 Å². The van der Waals surface area contributed by atoms with E-state index in [0.717, 1.165) is 13.3 Å². The van der Waals surface area contributed by atoms with Crippen molar-refractivity contribution in [3.05, 3.63) is 0 Å². The summed E-state index contributed by atoms with van der Waals surface area (Å²) in [5, 5.41) is 13.1. The average Bonchev–Trinajstić information content (AvgIpc) is 2.91. The zero-order valence-corrected chi connectivity index (χ0v) is 25.7. The lowest BCUT2D eigenvalue weighted by Gasteiger charge is -2.28. The van der Waals surface area contributed by atoms with Crippen LogP contribution in [-0.2, 0) is 37.4 Å². The van der Waals surface area contributed by atoms with Gasteiger partial charge in [0.1, 0.15) is 24.4 Å². The van der Waals surface area contributed by atoms with Crippen molar-refractivity contribution in [2.75, 3.05) is 46.0 Å². The molecule has 0 aromatic carbocycles. The maximum atomic E-state index is 15.0. The largest absolute Gasteiger partial charge is 0.479 e. The molecule has 240 valence electrons. The third kappa shape index (κ3) is 12.5. The van der Waals surface area contributed by atoms with Crippen molar-refractivity contribution in [2.24, 2.45) is 10.9 Å². The lowest BCUT2D eigenvalue weighted by molar-refractivity contribution is -0.150. The predicted octanol–water partition coefficient (Wildman–Crippen LogP) is 1.73. The van der Waals surface area contributed by atoms with E-state index in [1.54, 1.807) is 13.8 Å². The highest BCUT2D eigenvalue weighted by molar-refractivity contribution is 7.51. The van der Waals surface area contributed by atoms with Gasteiger partial charge in [0.25, 0.3) is 0 Å². The Kier molecular flexibility index (Phi) is 15.8. The van der Waals surface area contributed by atoms with E-state index in [-0.39, 0.29) is 35.7 Å². The molecule has 16 nitrogen and oxygen atoms in total. The number of nitrogens with two attached hydrogens (primary N) is 2. The number of nitrogen functional groups attached to an aromatic ring is 2. The minimum absolute atomic E-state index is 0.0155. The number of esters is 2. The van der Waals surface area contributed by atoms with E-state index in [9.17, 15) is 23.7 Å². The van der Waals surface area contributed by atoms with Gasteiger partial charge in [-0.15, -0.1) is 0 Å². The van der Waals surface area contributed by atoms with E-state index in [2.05, 4.69) is 24.8 Å². The first-order valence-electron chi connectivity index (χ1n) is 12.9. The van der Waals surface area contributed by atoms with E-state index in [1.165, 1.54) is 14.2 Å². The smallest absolute Gasteiger partial charge is 0.406 e. The third-order valence-electron chi connectivity index (χ3n) is 5.34. The number of aliphatic hydroxyl groups is 1. The number of carbonyl (C=O) groups is 2. The average molecular weight is 625 g/mol. The van der Waals surface area contributed by atoms with Crippen LogP contribution in [0.5, 0.6) is 5.88 Å². The SMILES string of the molecule is COC(=O)COP(=O)(N[C@@H](CC(C)C)C(=O)OC(C)C)OCC(OC)C(O)[C@H](F)CC=Nc1c(N)nc(N)nc1OC. The molecule has 18 heteroatoms. The Morgan fingerprint density at radius 3 is 2.36 bits per heavy atom. The summed E-state index contributed by atoms with van der Waals surface area (Å²) in [5.41, 5.74) is 11.3. The number of alkyl halides is 1. The number of hydrogen-bond acceptors (Lipinski definition) is 15. The number of carbonyl (C=O) groups excluding carboxylic acids is 2. The Labute approximate surface area is 244 Å². The topological polar surface area (TPSA) is 229 Å². The van der Waals surface area contributed by atoms with Crippen LogP contribution in [0.1, 0.15) is 40.5 Å². The van der Waals surface area contributed by atoms with Crippen molar-refractivity contribution >= 4 is 43.4 Å². The number of nitrogens with zero attached hydrogens (tertiary/aromatic N) is 3. The number of rotatable bonds is 19. The molecule has 3 unspecified atom stereocenters. The van der Waals surface area contributed by atoms with Gasteiger partial charge in [-0.25, -0.2) is 18.8 Å². The fourth-order valence-electron chi connectivity index (χ4n) is 3.31. The summed E-state index contributed by atoms with van der Waals surface area (Å²) >= 11 is 0. The molecule has 0 amide bonds. The van der Waals surface area contributed by atoms with Crippen LogP contribution >= 0.6 is 7.75 Å². The second-order valence-electron chi connectivity index (χ2n) is 9.59. The highest BCUT2D eigenvalue weighted by Crippen LogP contribution is 2.45. The number of aromatic nitrogens is 2. The highest BCUT2D eigenvalue weighted by Gasteiger charge is 2.37. The molecule has 1 heterocycles. The summed E-state index contributed by atoms with van der Waals surface area (Å²) in [6.45, 7) is 5.48. The first-order valence-corrected chi connectivity index (χ1v) is 14.5. The zero-order valence-electron chi connectivity index (χ0n) is 24.8. The van der Waals surface area contributed by atoms with Crippen LogP contribution in [0, 0.1) is 5.92 Å². The monoisotopic (exact) mass is 624 g/mol.